The lowest BCUT2D eigenvalue weighted by atomic mass is 10.3. The highest BCUT2D eigenvalue weighted by Crippen LogP contribution is 2.25. The molecule has 2 aromatic heterocycles. The van der Waals surface area contributed by atoms with E-state index in [1.54, 1.807) is 12.2 Å². The molecule has 3 aromatic rings. The van der Waals surface area contributed by atoms with Crippen LogP contribution in [-0.2, 0) is 0 Å². The number of anilines is 1. The summed E-state index contributed by atoms with van der Waals surface area (Å²) in [7, 11) is 0. The largest absolute Gasteiger partial charge is 0.433 e. The summed E-state index contributed by atoms with van der Waals surface area (Å²) in [5.41, 5.74) is 3.75. The van der Waals surface area contributed by atoms with Gasteiger partial charge in [0.1, 0.15) is 10.7 Å². The Morgan fingerprint density at radius 3 is 2.95 bits per heavy atom. The molecule has 110 valence electrons. The molecular weight excluding hydrogens is 304 g/mol. The second kappa shape index (κ2) is 6.19. The monoisotopic (exact) mass is 314 g/mol. The molecule has 0 atom stereocenters. The van der Waals surface area contributed by atoms with Crippen LogP contribution >= 0.6 is 11.3 Å². The number of aromatic nitrogens is 1. The number of hydrogen-bond acceptors (Lipinski definition) is 7. The van der Waals surface area contributed by atoms with Gasteiger partial charge in [-0.2, -0.15) is 5.10 Å². The number of fused-ring (bicyclic) bond motifs is 1. The molecule has 0 amide bonds. The van der Waals surface area contributed by atoms with Crippen molar-refractivity contribution in [3.63, 3.8) is 0 Å². The maximum atomic E-state index is 10.5. The molecule has 3 rings (SSSR count). The highest BCUT2D eigenvalue weighted by molar-refractivity contribution is 7.22. The highest BCUT2D eigenvalue weighted by Gasteiger charge is 2.09. The summed E-state index contributed by atoms with van der Waals surface area (Å²) in [6, 6.07) is 10.6. The number of hydrogen-bond donors (Lipinski definition) is 1. The molecule has 0 saturated carbocycles. The Kier molecular flexibility index (Phi) is 3.92. The average Bonchev–Trinajstić information content (AvgIpc) is 3.12. The number of nitrogens with zero attached hydrogens (tertiary/aromatic N) is 3. The van der Waals surface area contributed by atoms with Crippen molar-refractivity contribution in [1.29, 1.82) is 0 Å². The normalized spacial score (nSPS) is 11.6. The number of furan rings is 1. The third kappa shape index (κ3) is 3.18. The molecule has 0 bridgehead atoms. The fraction of sp³-hybridized carbons (Fsp3) is 0. The Hall–Kier alpha value is -3.00. The Bertz CT molecular complexity index is 833. The molecule has 0 aliphatic heterocycles. The Morgan fingerprint density at radius 1 is 1.32 bits per heavy atom. The number of nitrogens with one attached hydrogen (secondary N) is 1. The van der Waals surface area contributed by atoms with Gasteiger partial charge in [-0.25, -0.2) is 4.98 Å². The quantitative estimate of drug-likeness (QED) is 0.438. The van der Waals surface area contributed by atoms with Crippen LogP contribution in [0.25, 0.3) is 16.3 Å². The smallest absolute Gasteiger partial charge is 0.401 e. The maximum absolute atomic E-state index is 10.5. The third-order valence-electron chi connectivity index (χ3n) is 2.67. The molecule has 1 N–H and O–H groups in total. The second-order valence-electron chi connectivity index (χ2n) is 4.17. The molecule has 0 spiro atoms. The third-order valence-corrected chi connectivity index (χ3v) is 3.61. The SMILES string of the molecule is O=[N+]([O-])c1ccc(C=CC=NNc2nc3ccccc3s2)o1. The van der Waals surface area contributed by atoms with Crippen LogP contribution in [0.3, 0.4) is 0 Å². The molecule has 0 radical (unpaired) electrons. The van der Waals surface area contributed by atoms with Gasteiger partial charge in [-0.15, -0.1) is 0 Å². The molecule has 2 heterocycles. The molecule has 0 aliphatic rings. The van der Waals surface area contributed by atoms with E-state index < -0.39 is 4.92 Å². The molecule has 0 unspecified atom stereocenters. The number of rotatable bonds is 5. The molecule has 8 heteroatoms. The zero-order valence-electron chi connectivity index (χ0n) is 11.2. The summed E-state index contributed by atoms with van der Waals surface area (Å²) in [6.45, 7) is 0. The van der Waals surface area contributed by atoms with Gasteiger partial charge in [-0.1, -0.05) is 23.5 Å². The predicted molar refractivity (Wildman–Crippen MR) is 86.1 cm³/mol. The zero-order valence-corrected chi connectivity index (χ0v) is 12.0. The van der Waals surface area contributed by atoms with E-state index in [1.807, 2.05) is 24.3 Å². The molecule has 0 aliphatic carbocycles. The van der Waals surface area contributed by atoms with E-state index in [0.717, 1.165) is 10.2 Å². The number of para-hydroxylation sites is 1. The van der Waals surface area contributed by atoms with E-state index >= 15 is 0 Å². The highest BCUT2D eigenvalue weighted by atomic mass is 32.1. The maximum Gasteiger partial charge on any atom is 0.433 e. The molecule has 0 fully saturated rings. The fourth-order valence-electron chi connectivity index (χ4n) is 1.72. The summed E-state index contributed by atoms with van der Waals surface area (Å²) >= 11 is 1.50. The van der Waals surface area contributed by atoms with Crippen LogP contribution in [0.15, 0.2) is 52.0 Å². The van der Waals surface area contributed by atoms with Crippen molar-refractivity contribution in [3.8, 4) is 0 Å². The number of allylic oxidation sites excluding steroid dienone is 1. The van der Waals surface area contributed by atoms with E-state index in [-0.39, 0.29) is 5.88 Å². The topological polar surface area (TPSA) is 93.6 Å². The predicted octanol–water partition coefficient (Wildman–Crippen LogP) is 3.91. The first-order valence-electron chi connectivity index (χ1n) is 6.28. The number of nitro groups is 1. The van der Waals surface area contributed by atoms with Crippen LogP contribution in [0, 0.1) is 10.1 Å². The Labute approximate surface area is 128 Å². The van der Waals surface area contributed by atoms with Crippen molar-refractivity contribution in [2.75, 3.05) is 5.43 Å². The lowest BCUT2D eigenvalue weighted by Crippen LogP contribution is -1.86. The van der Waals surface area contributed by atoms with Gasteiger partial charge in [0.25, 0.3) is 0 Å². The Morgan fingerprint density at radius 2 is 2.18 bits per heavy atom. The molecule has 22 heavy (non-hydrogen) atoms. The van der Waals surface area contributed by atoms with Crippen LogP contribution < -0.4 is 5.43 Å². The minimum absolute atomic E-state index is 0.288. The molecular formula is C14H10N4O3S. The van der Waals surface area contributed by atoms with E-state index in [2.05, 4.69) is 15.5 Å². The second-order valence-corrected chi connectivity index (χ2v) is 5.20. The minimum atomic E-state index is -0.583. The zero-order chi connectivity index (χ0) is 15.4. The molecule has 1 aromatic carbocycles. The summed E-state index contributed by atoms with van der Waals surface area (Å²) in [5.74, 6) is 0.0994. The number of benzene rings is 1. The first-order chi connectivity index (χ1) is 10.7. The van der Waals surface area contributed by atoms with Gasteiger partial charge < -0.3 is 4.42 Å². The van der Waals surface area contributed by atoms with Crippen molar-refractivity contribution in [2.45, 2.75) is 0 Å². The van der Waals surface area contributed by atoms with Gasteiger partial charge in [-0.05, 0) is 30.4 Å². The summed E-state index contributed by atoms with van der Waals surface area (Å²) < 4.78 is 6.05. The van der Waals surface area contributed by atoms with Crippen LogP contribution in [0.4, 0.5) is 11.0 Å². The minimum Gasteiger partial charge on any atom is -0.401 e. The standard InChI is InChI=1S/C14H10N4O3S/c19-18(20)13-8-7-10(21-13)4-3-9-15-17-14-16-11-5-1-2-6-12(11)22-14/h1-9H,(H,16,17). The summed E-state index contributed by atoms with van der Waals surface area (Å²) in [6.07, 6.45) is 4.71. The van der Waals surface area contributed by atoms with Crippen molar-refractivity contribution in [2.24, 2.45) is 5.10 Å². The van der Waals surface area contributed by atoms with Crippen LogP contribution in [0.5, 0.6) is 0 Å². The van der Waals surface area contributed by atoms with Crippen molar-refractivity contribution < 1.29 is 9.34 Å². The number of hydrazone groups is 1. The van der Waals surface area contributed by atoms with E-state index in [4.69, 9.17) is 4.42 Å². The summed E-state index contributed by atoms with van der Waals surface area (Å²) in [4.78, 5) is 14.3. The van der Waals surface area contributed by atoms with Crippen molar-refractivity contribution >= 4 is 44.9 Å². The first kappa shape index (κ1) is 14.0. The first-order valence-corrected chi connectivity index (χ1v) is 7.09. The summed E-state index contributed by atoms with van der Waals surface area (Å²) in [5, 5.41) is 15.2. The van der Waals surface area contributed by atoms with Gasteiger partial charge in [0.2, 0.25) is 5.13 Å². The van der Waals surface area contributed by atoms with Crippen LogP contribution in [-0.4, -0.2) is 16.1 Å². The van der Waals surface area contributed by atoms with Gasteiger partial charge in [0.15, 0.2) is 0 Å². The van der Waals surface area contributed by atoms with E-state index in [9.17, 15) is 10.1 Å². The number of thiazole rings is 1. The molecule has 0 saturated heterocycles. The van der Waals surface area contributed by atoms with Crippen LogP contribution in [0.1, 0.15) is 5.76 Å². The molecule has 7 nitrogen and oxygen atoms in total. The van der Waals surface area contributed by atoms with E-state index in [1.165, 1.54) is 29.7 Å². The van der Waals surface area contributed by atoms with E-state index in [0.29, 0.717) is 10.9 Å². The lowest BCUT2D eigenvalue weighted by Gasteiger charge is -1.89. The van der Waals surface area contributed by atoms with Gasteiger partial charge in [0.05, 0.1) is 16.3 Å². The Balaban J connectivity index is 1.59. The van der Waals surface area contributed by atoms with Gasteiger partial charge in [-0.3, -0.25) is 15.5 Å². The lowest BCUT2D eigenvalue weighted by molar-refractivity contribution is -0.402. The fourth-order valence-corrected chi connectivity index (χ4v) is 2.54. The van der Waals surface area contributed by atoms with Crippen LogP contribution in [0.2, 0.25) is 0 Å². The average molecular weight is 314 g/mol. The van der Waals surface area contributed by atoms with Gasteiger partial charge >= 0.3 is 5.88 Å². The van der Waals surface area contributed by atoms with Crippen molar-refractivity contribution in [3.05, 3.63) is 58.3 Å². The van der Waals surface area contributed by atoms with Crippen molar-refractivity contribution in [1.82, 2.24) is 4.98 Å². The van der Waals surface area contributed by atoms with Gasteiger partial charge in [0, 0.05) is 6.21 Å².